The summed E-state index contributed by atoms with van der Waals surface area (Å²) in [7, 11) is 0. The molecule has 144 valence electrons. The quantitative estimate of drug-likeness (QED) is 0.495. The van der Waals surface area contributed by atoms with Crippen molar-refractivity contribution >= 4 is 11.6 Å². The molecule has 0 spiro atoms. The molecule has 1 aliphatic carbocycles. The van der Waals surface area contributed by atoms with Crippen LogP contribution in [0.5, 0.6) is 0 Å². The van der Waals surface area contributed by atoms with Crippen molar-refractivity contribution < 1.29 is 9.72 Å². The number of non-ortho nitro benzene ring substituents is 1. The van der Waals surface area contributed by atoms with Crippen molar-refractivity contribution in [3.05, 3.63) is 56.8 Å². The highest BCUT2D eigenvalue weighted by Gasteiger charge is 2.18. The zero-order chi connectivity index (χ0) is 19.4. The Kier molecular flexibility index (Phi) is 5.73. The topological polar surface area (TPSA) is 99.2 Å². The lowest BCUT2D eigenvalue weighted by Gasteiger charge is -2.16. The molecule has 1 saturated carbocycles. The molecule has 1 aromatic heterocycles. The van der Waals surface area contributed by atoms with Gasteiger partial charge in [-0.15, -0.1) is 0 Å². The van der Waals surface area contributed by atoms with Gasteiger partial charge in [0, 0.05) is 30.1 Å². The zero-order valence-corrected chi connectivity index (χ0v) is 15.4. The first kappa shape index (κ1) is 18.9. The van der Waals surface area contributed by atoms with Gasteiger partial charge in [0.05, 0.1) is 10.6 Å². The molecule has 8 nitrogen and oxygen atoms in total. The summed E-state index contributed by atoms with van der Waals surface area (Å²) in [6.07, 6.45) is 8.21. The summed E-state index contributed by atoms with van der Waals surface area (Å²) in [6, 6.07) is 6.08. The van der Waals surface area contributed by atoms with Gasteiger partial charge in [-0.1, -0.05) is 31.7 Å². The first-order valence-electron chi connectivity index (χ1n) is 9.28. The standard InChI is InChI=1S/C19H24N4O4/c1-14-12-21(13-18(24)20-15-7-4-2-3-5-8-15)19(25)22(14)16-9-6-10-17(11-16)23(26)27/h6,9-12,15H,2-5,7-8,13H2,1H3,(H,20,24). The summed E-state index contributed by atoms with van der Waals surface area (Å²) in [5.41, 5.74) is 0.555. The van der Waals surface area contributed by atoms with Crippen molar-refractivity contribution in [2.24, 2.45) is 0 Å². The number of hydrogen-bond acceptors (Lipinski definition) is 4. The molecule has 0 aliphatic heterocycles. The van der Waals surface area contributed by atoms with Crippen LogP contribution in [0.4, 0.5) is 5.69 Å². The average Bonchev–Trinajstić information content (AvgIpc) is 2.80. The third-order valence-corrected chi connectivity index (χ3v) is 4.97. The Morgan fingerprint density at radius 1 is 1.26 bits per heavy atom. The predicted octanol–water partition coefficient (Wildman–Crippen LogP) is 2.69. The normalized spacial score (nSPS) is 15.3. The Hall–Kier alpha value is -2.90. The van der Waals surface area contributed by atoms with Crippen LogP contribution in [-0.4, -0.2) is 26.0 Å². The summed E-state index contributed by atoms with van der Waals surface area (Å²) < 4.78 is 2.73. The molecule has 0 atom stereocenters. The highest BCUT2D eigenvalue weighted by Crippen LogP contribution is 2.18. The van der Waals surface area contributed by atoms with Crippen LogP contribution in [0.25, 0.3) is 5.69 Å². The van der Waals surface area contributed by atoms with Crippen LogP contribution in [0.1, 0.15) is 44.2 Å². The first-order valence-corrected chi connectivity index (χ1v) is 9.28. The summed E-state index contributed by atoms with van der Waals surface area (Å²) >= 11 is 0. The fraction of sp³-hybridized carbons (Fsp3) is 0.474. The lowest BCUT2D eigenvalue weighted by molar-refractivity contribution is -0.384. The van der Waals surface area contributed by atoms with E-state index >= 15 is 0 Å². The van der Waals surface area contributed by atoms with Gasteiger partial charge in [-0.25, -0.2) is 4.79 Å². The molecular formula is C19H24N4O4. The van der Waals surface area contributed by atoms with E-state index in [2.05, 4.69) is 5.32 Å². The van der Waals surface area contributed by atoms with Crippen LogP contribution >= 0.6 is 0 Å². The lowest BCUT2D eigenvalue weighted by atomic mass is 10.1. The van der Waals surface area contributed by atoms with E-state index in [4.69, 9.17) is 0 Å². The molecule has 0 unspecified atom stereocenters. The molecule has 0 saturated heterocycles. The van der Waals surface area contributed by atoms with Gasteiger partial charge >= 0.3 is 5.69 Å². The molecule has 0 radical (unpaired) electrons. The molecule has 2 aromatic rings. The SMILES string of the molecule is Cc1cn(CC(=O)NC2CCCCCC2)c(=O)n1-c1cccc([N+](=O)[O-])c1. The maximum atomic E-state index is 12.7. The molecule has 1 amide bonds. The number of hydrogen-bond donors (Lipinski definition) is 1. The number of nitrogens with zero attached hydrogens (tertiary/aromatic N) is 3. The number of nitro groups is 1. The highest BCUT2D eigenvalue weighted by atomic mass is 16.6. The molecule has 1 N–H and O–H groups in total. The van der Waals surface area contributed by atoms with E-state index in [9.17, 15) is 19.7 Å². The van der Waals surface area contributed by atoms with Crippen LogP contribution in [0, 0.1) is 17.0 Å². The van der Waals surface area contributed by atoms with E-state index in [1.807, 2.05) is 0 Å². The van der Waals surface area contributed by atoms with Gasteiger partial charge in [0.25, 0.3) is 5.69 Å². The maximum Gasteiger partial charge on any atom is 0.333 e. The second-order valence-corrected chi connectivity index (χ2v) is 7.05. The zero-order valence-electron chi connectivity index (χ0n) is 15.4. The number of nitro benzene ring substituents is 1. The maximum absolute atomic E-state index is 12.7. The van der Waals surface area contributed by atoms with Crippen molar-refractivity contribution in [3.8, 4) is 5.69 Å². The minimum atomic E-state index is -0.499. The van der Waals surface area contributed by atoms with E-state index in [0.717, 1.165) is 25.7 Å². The van der Waals surface area contributed by atoms with Crippen LogP contribution in [-0.2, 0) is 11.3 Å². The number of imidazole rings is 1. The van der Waals surface area contributed by atoms with Gasteiger partial charge in [0.15, 0.2) is 0 Å². The number of nitrogens with one attached hydrogen (secondary N) is 1. The first-order chi connectivity index (χ1) is 13.0. The Balaban J connectivity index is 1.77. The second kappa shape index (κ2) is 8.20. The van der Waals surface area contributed by atoms with Crippen molar-refractivity contribution in [2.75, 3.05) is 0 Å². The largest absolute Gasteiger partial charge is 0.352 e. The van der Waals surface area contributed by atoms with Gasteiger partial charge in [0.1, 0.15) is 6.54 Å². The predicted molar refractivity (Wildman–Crippen MR) is 101 cm³/mol. The molecule has 1 fully saturated rings. The Morgan fingerprint density at radius 2 is 1.96 bits per heavy atom. The number of rotatable bonds is 5. The number of carbonyl (C=O) groups excluding carboxylic acids is 1. The molecule has 1 aromatic carbocycles. The van der Waals surface area contributed by atoms with Gasteiger partial charge in [-0.05, 0) is 25.8 Å². The minimum Gasteiger partial charge on any atom is -0.352 e. The van der Waals surface area contributed by atoms with Crippen LogP contribution < -0.4 is 11.0 Å². The van der Waals surface area contributed by atoms with Crippen molar-refractivity contribution in [3.63, 3.8) is 0 Å². The van der Waals surface area contributed by atoms with Crippen LogP contribution in [0.2, 0.25) is 0 Å². The number of amides is 1. The summed E-state index contributed by atoms with van der Waals surface area (Å²) in [4.78, 5) is 35.6. The molecule has 8 heteroatoms. The van der Waals surface area contributed by atoms with Gasteiger partial charge in [-0.3, -0.25) is 24.0 Å². The van der Waals surface area contributed by atoms with Crippen molar-refractivity contribution in [1.29, 1.82) is 0 Å². The van der Waals surface area contributed by atoms with Crippen LogP contribution in [0.3, 0.4) is 0 Å². The fourth-order valence-corrected chi connectivity index (χ4v) is 3.64. The van der Waals surface area contributed by atoms with E-state index in [1.165, 1.54) is 40.2 Å². The minimum absolute atomic E-state index is 0.0574. The third kappa shape index (κ3) is 4.45. The van der Waals surface area contributed by atoms with Gasteiger partial charge < -0.3 is 5.32 Å². The Labute approximate surface area is 157 Å². The fourth-order valence-electron chi connectivity index (χ4n) is 3.64. The lowest BCUT2D eigenvalue weighted by Crippen LogP contribution is -2.38. The van der Waals surface area contributed by atoms with E-state index in [-0.39, 0.29) is 29.9 Å². The number of benzene rings is 1. The molecule has 1 heterocycles. The molecule has 0 bridgehead atoms. The van der Waals surface area contributed by atoms with E-state index in [1.54, 1.807) is 19.2 Å². The monoisotopic (exact) mass is 372 g/mol. The second-order valence-electron chi connectivity index (χ2n) is 7.05. The summed E-state index contributed by atoms with van der Waals surface area (Å²) in [5.74, 6) is -0.180. The number of carbonyl (C=O) groups is 1. The van der Waals surface area contributed by atoms with E-state index in [0.29, 0.717) is 11.4 Å². The van der Waals surface area contributed by atoms with Crippen molar-refractivity contribution in [1.82, 2.24) is 14.5 Å². The Bertz CT molecular complexity index is 891. The van der Waals surface area contributed by atoms with Crippen LogP contribution in [0.15, 0.2) is 35.3 Å². The number of aryl methyl sites for hydroxylation is 1. The van der Waals surface area contributed by atoms with Crippen molar-refractivity contribution in [2.45, 2.75) is 58.0 Å². The highest BCUT2D eigenvalue weighted by molar-refractivity contribution is 5.76. The van der Waals surface area contributed by atoms with Gasteiger partial charge in [0.2, 0.25) is 5.91 Å². The summed E-state index contributed by atoms with van der Waals surface area (Å²) in [5, 5.41) is 14.0. The average molecular weight is 372 g/mol. The summed E-state index contributed by atoms with van der Waals surface area (Å²) in [6.45, 7) is 1.68. The molecule has 1 aliphatic rings. The van der Waals surface area contributed by atoms with Gasteiger partial charge in [-0.2, -0.15) is 0 Å². The smallest absolute Gasteiger partial charge is 0.333 e. The molecule has 3 rings (SSSR count). The molecular weight excluding hydrogens is 348 g/mol. The van der Waals surface area contributed by atoms with E-state index < -0.39 is 4.92 Å². The molecule has 27 heavy (non-hydrogen) atoms. The Morgan fingerprint density at radius 3 is 2.63 bits per heavy atom. The third-order valence-electron chi connectivity index (χ3n) is 4.97. The number of aromatic nitrogens is 2.